The van der Waals surface area contributed by atoms with E-state index in [1.54, 1.807) is 19.1 Å². The van der Waals surface area contributed by atoms with Gasteiger partial charge in [-0.1, -0.05) is 12.2 Å². The van der Waals surface area contributed by atoms with Gasteiger partial charge in [-0.25, -0.2) is 4.79 Å². The summed E-state index contributed by atoms with van der Waals surface area (Å²) < 4.78 is 0. The van der Waals surface area contributed by atoms with Gasteiger partial charge in [0.15, 0.2) is 0 Å². The number of carboxylic acid groups (broad SMARTS) is 1. The Morgan fingerprint density at radius 2 is 2.07 bits per heavy atom. The quantitative estimate of drug-likeness (QED) is 0.316. The van der Waals surface area contributed by atoms with E-state index in [4.69, 9.17) is 16.7 Å². The Morgan fingerprint density at radius 1 is 1.32 bits per heavy atom. The lowest BCUT2D eigenvalue weighted by molar-refractivity contribution is 0.0702. The molecule has 1 heterocycles. The number of rotatable bonds is 11. The van der Waals surface area contributed by atoms with E-state index in [0.717, 1.165) is 30.6 Å². The molecular weight excluding hydrogens is 400 g/mol. The zero-order valence-electron chi connectivity index (χ0n) is 16.2. The molecule has 1 aromatic heterocycles. The fourth-order valence-corrected chi connectivity index (χ4v) is 5.21. The SMILES string of the molecule is C[C@H](O)CCC[C@H](O)/C=C/[C@@H]1[C@@H](CCCc2ccc(C(=O)O)s2)[C@H](Cl)C[C@H]1O. The maximum absolute atomic E-state index is 11.0. The van der Waals surface area contributed by atoms with Gasteiger partial charge in [0, 0.05) is 16.2 Å². The molecule has 28 heavy (non-hydrogen) atoms. The average molecular weight is 431 g/mol. The molecule has 5 nitrogen and oxygen atoms in total. The fraction of sp³-hybridized carbons (Fsp3) is 0.667. The summed E-state index contributed by atoms with van der Waals surface area (Å²) in [4.78, 5) is 12.4. The van der Waals surface area contributed by atoms with Crippen molar-refractivity contribution in [2.75, 3.05) is 0 Å². The number of thiophene rings is 1. The minimum absolute atomic E-state index is 0.0770. The van der Waals surface area contributed by atoms with Gasteiger partial charge < -0.3 is 20.4 Å². The van der Waals surface area contributed by atoms with Crippen molar-refractivity contribution in [3.8, 4) is 0 Å². The molecule has 0 bridgehead atoms. The van der Waals surface area contributed by atoms with Crippen LogP contribution in [-0.4, -0.2) is 50.1 Å². The van der Waals surface area contributed by atoms with Gasteiger partial charge in [-0.05, 0) is 69.9 Å². The van der Waals surface area contributed by atoms with Crippen LogP contribution in [0.4, 0.5) is 0 Å². The van der Waals surface area contributed by atoms with Crippen molar-refractivity contribution in [3.05, 3.63) is 34.0 Å². The second-order valence-corrected chi connectivity index (χ2v) is 9.48. The summed E-state index contributed by atoms with van der Waals surface area (Å²) in [5.41, 5.74) is 0. The molecule has 0 spiro atoms. The lowest BCUT2D eigenvalue weighted by Crippen LogP contribution is -2.19. The topological polar surface area (TPSA) is 98.0 Å². The highest BCUT2D eigenvalue weighted by Gasteiger charge is 2.39. The van der Waals surface area contributed by atoms with E-state index in [-0.39, 0.29) is 23.3 Å². The summed E-state index contributed by atoms with van der Waals surface area (Å²) >= 11 is 7.77. The van der Waals surface area contributed by atoms with E-state index in [1.165, 1.54) is 11.3 Å². The van der Waals surface area contributed by atoms with Gasteiger partial charge >= 0.3 is 5.97 Å². The molecular formula is C21H31ClO5S. The number of alkyl halides is 1. The van der Waals surface area contributed by atoms with Crippen molar-refractivity contribution >= 4 is 28.9 Å². The van der Waals surface area contributed by atoms with E-state index in [2.05, 4.69) is 0 Å². The minimum Gasteiger partial charge on any atom is -0.477 e. The van der Waals surface area contributed by atoms with Crippen LogP contribution in [0.1, 0.15) is 60.0 Å². The first-order chi connectivity index (χ1) is 13.3. The monoisotopic (exact) mass is 430 g/mol. The molecule has 0 amide bonds. The van der Waals surface area contributed by atoms with E-state index < -0.39 is 18.2 Å². The second-order valence-electron chi connectivity index (χ2n) is 7.76. The van der Waals surface area contributed by atoms with Crippen molar-refractivity contribution < 1.29 is 25.2 Å². The molecule has 1 fully saturated rings. The molecule has 158 valence electrons. The summed E-state index contributed by atoms with van der Waals surface area (Å²) in [6, 6.07) is 3.49. The third kappa shape index (κ3) is 7.16. The number of aromatic carboxylic acids is 1. The van der Waals surface area contributed by atoms with Crippen LogP contribution in [0.2, 0.25) is 0 Å². The molecule has 0 aliphatic heterocycles. The number of carbonyl (C=O) groups is 1. The highest BCUT2D eigenvalue weighted by atomic mass is 35.5. The van der Waals surface area contributed by atoms with Crippen molar-refractivity contribution in [1.82, 2.24) is 0 Å². The number of hydrogen-bond donors (Lipinski definition) is 4. The van der Waals surface area contributed by atoms with Gasteiger partial charge in [-0.2, -0.15) is 0 Å². The van der Waals surface area contributed by atoms with E-state index >= 15 is 0 Å². The largest absolute Gasteiger partial charge is 0.477 e. The van der Waals surface area contributed by atoms with E-state index in [1.807, 2.05) is 12.1 Å². The Hall–Kier alpha value is -0.920. The molecule has 0 aromatic carbocycles. The molecule has 4 N–H and O–H groups in total. The summed E-state index contributed by atoms with van der Waals surface area (Å²) in [6.45, 7) is 1.74. The standard InChI is InChI=1S/C21H31ClO5S/c1-13(23)4-2-5-14(24)8-10-17-16(18(22)12-19(17)25)7-3-6-15-9-11-20(28-15)21(26)27/h8-11,13-14,16-19,23-25H,2-7,12H2,1H3,(H,26,27)/b10-8+/t13-,14-,16+,17+,18+,19+/m0/s1. The summed E-state index contributed by atoms with van der Waals surface area (Å²) in [5.74, 6) is -0.837. The van der Waals surface area contributed by atoms with Gasteiger partial charge in [-0.3, -0.25) is 0 Å². The van der Waals surface area contributed by atoms with Crippen LogP contribution in [0.5, 0.6) is 0 Å². The number of aliphatic hydroxyl groups is 3. The zero-order chi connectivity index (χ0) is 20.7. The Labute approximate surface area is 175 Å². The van der Waals surface area contributed by atoms with Crippen molar-refractivity contribution in [2.24, 2.45) is 11.8 Å². The molecule has 1 aliphatic rings. The smallest absolute Gasteiger partial charge is 0.345 e. The molecule has 0 radical (unpaired) electrons. The molecule has 1 aliphatic carbocycles. The van der Waals surface area contributed by atoms with Crippen molar-refractivity contribution in [1.29, 1.82) is 0 Å². The van der Waals surface area contributed by atoms with Gasteiger partial charge in [0.25, 0.3) is 0 Å². The maximum atomic E-state index is 11.0. The van der Waals surface area contributed by atoms with Crippen LogP contribution >= 0.6 is 22.9 Å². The van der Waals surface area contributed by atoms with Gasteiger partial charge in [-0.15, -0.1) is 22.9 Å². The lowest BCUT2D eigenvalue weighted by atomic mass is 9.89. The van der Waals surface area contributed by atoms with Crippen LogP contribution in [-0.2, 0) is 6.42 Å². The normalized spacial score (nSPS) is 27.3. The molecule has 0 saturated heterocycles. The highest BCUT2D eigenvalue weighted by Crippen LogP contribution is 2.40. The molecule has 6 atom stereocenters. The zero-order valence-corrected chi connectivity index (χ0v) is 17.8. The van der Waals surface area contributed by atoms with E-state index in [9.17, 15) is 20.1 Å². The average Bonchev–Trinajstić information content (AvgIpc) is 3.18. The number of carboxylic acids is 1. The predicted octanol–water partition coefficient (Wildman–Crippen LogP) is 3.84. The van der Waals surface area contributed by atoms with Crippen LogP contribution in [0.15, 0.2) is 24.3 Å². The van der Waals surface area contributed by atoms with Crippen LogP contribution in [0.25, 0.3) is 0 Å². The van der Waals surface area contributed by atoms with E-state index in [0.29, 0.717) is 24.1 Å². The Balaban J connectivity index is 1.84. The predicted molar refractivity (Wildman–Crippen MR) is 112 cm³/mol. The Morgan fingerprint density at radius 3 is 2.71 bits per heavy atom. The van der Waals surface area contributed by atoms with Crippen molar-refractivity contribution in [3.63, 3.8) is 0 Å². The number of aryl methyl sites for hydroxylation is 1. The first kappa shape index (κ1) is 23.4. The summed E-state index contributed by atoms with van der Waals surface area (Å²) in [5, 5.41) is 38.6. The maximum Gasteiger partial charge on any atom is 0.345 e. The van der Waals surface area contributed by atoms with Gasteiger partial charge in [0.1, 0.15) is 4.88 Å². The molecule has 7 heteroatoms. The molecule has 1 saturated carbocycles. The Kier molecular flexibility index (Phi) is 9.44. The third-order valence-corrected chi connectivity index (χ3v) is 7.02. The number of halogens is 1. The molecule has 1 aromatic rings. The lowest BCUT2D eigenvalue weighted by Gasteiger charge is -2.21. The minimum atomic E-state index is -0.895. The first-order valence-corrected chi connectivity index (χ1v) is 11.2. The number of aliphatic hydroxyl groups excluding tert-OH is 3. The summed E-state index contributed by atoms with van der Waals surface area (Å²) in [6.07, 6.45) is 7.26. The van der Waals surface area contributed by atoms with Gasteiger partial charge in [0.2, 0.25) is 0 Å². The van der Waals surface area contributed by atoms with Crippen LogP contribution < -0.4 is 0 Å². The van der Waals surface area contributed by atoms with Crippen molar-refractivity contribution in [2.45, 2.75) is 75.6 Å². The molecule has 0 unspecified atom stereocenters. The second kappa shape index (κ2) is 11.3. The third-order valence-electron chi connectivity index (χ3n) is 5.38. The Bertz CT molecular complexity index is 644. The number of hydrogen-bond acceptors (Lipinski definition) is 5. The van der Waals surface area contributed by atoms with Gasteiger partial charge in [0.05, 0.1) is 18.3 Å². The first-order valence-electron chi connectivity index (χ1n) is 9.96. The van der Waals surface area contributed by atoms with Crippen LogP contribution in [0, 0.1) is 11.8 Å². The summed E-state index contributed by atoms with van der Waals surface area (Å²) in [7, 11) is 0. The van der Waals surface area contributed by atoms with Crippen LogP contribution in [0.3, 0.4) is 0 Å². The molecule has 2 rings (SSSR count). The highest BCUT2D eigenvalue weighted by molar-refractivity contribution is 7.13. The fourth-order valence-electron chi connectivity index (χ4n) is 3.85.